The Balaban J connectivity index is 0.000000174. The second kappa shape index (κ2) is 20.5. The normalized spacial score (nSPS) is 23.9. The Morgan fingerprint density at radius 1 is 0.600 bits per heavy atom. The van der Waals surface area contributed by atoms with Gasteiger partial charge in [-0.15, -0.1) is 0 Å². The Kier molecular flexibility index (Phi) is 14.6. The van der Waals surface area contributed by atoms with Crippen LogP contribution in [0.15, 0.2) is 46.2 Å². The van der Waals surface area contributed by atoms with Crippen LogP contribution in [-0.2, 0) is 64.7 Å². The monoisotopic (exact) mass is 1000 g/mol. The largest absolute Gasteiger partial charge is 0.373 e. The van der Waals surface area contributed by atoms with E-state index in [9.17, 15) is 26.8 Å². The summed E-state index contributed by atoms with van der Waals surface area (Å²) in [5, 5.41) is 6.95. The molecular weight excluding hydrogens is 939 g/mol. The number of nitrogens with one attached hydrogen (secondary N) is 2. The molecule has 16 nitrogen and oxygen atoms in total. The van der Waals surface area contributed by atoms with Crippen molar-refractivity contribution in [3.63, 3.8) is 0 Å². The molecule has 2 unspecified atom stereocenters. The fourth-order valence-electron chi connectivity index (χ4n) is 10.8. The van der Waals surface area contributed by atoms with Crippen molar-refractivity contribution in [3.8, 4) is 0 Å². The second-order valence-corrected chi connectivity index (χ2v) is 22.6. The SMILES string of the molecule is COC1(c2cc(C)cc(F)c2)CCN(c2nc3c(c(N[C@H]4CCC(=O)N(C)C4)n2)S(=O)CC3)CC1.COC1(c2cc(C)cc(F)c2)CCN(c2nc3c(c(N[C@H]4CCC(=O)N(C)C4)n2)S(=O)CC3)CC1. The average molecular weight is 1000 g/mol. The summed E-state index contributed by atoms with van der Waals surface area (Å²) in [6.45, 7) is 7.59. The quantitative estimate of drug-likeness (QED) is 0.203. The van der Waals surface area contributed by atoms with E-state index < -0.39 is 32.8 Å². The van der Waals surface area contributed by atoms with E-state index in [4.69, 9.17) is 29.4 Å². The fraction of sp³-hybridized carbons (Fsp3) is 0.560. The fourth-order valence-corrected chi connectivity index (χ4v) is 13.5. The maximum Gasteiger partial charge on any atom is 0.227 e. The highest BCUT2D eigenvalue weighted by atomic mass is 32.2. The second-order valence-electron chi connectivity index (χ2n) is 19.6. The molecule has 0 spiro atoms. The van der Waals surface area contributed by atoms with Crippen LogP contribution >= 0.6 is 0 Å². The van der Waals surface area contributed by atoms with Crippen molar-refractivity contribution in [2.75, 3.05) is 99.5 Å². The summed E-state index contributed by atoms with van der Waals surface area (Å²) < 4.78 is 65.7. The predicted molar refractivity (Wildman–Crippen MR) is 265 cm³/mol. The Hall–Kier alpha value is -5.18. The number of likely N-dealkylation sites (tertiary alicyclic amines) is 2. The lowest BCUT2D eigenvalue weighted by atomic mass is 9.83. The number of nitrogens with zero attached hydrogens (tertiary/aromatic N) is 8. The van der Waals surface area contributed by atoms with Crippen LogP contribution in [0.3, 0.4) is 0 Å². The maximum absolute atomic E-state index is 14.1. The summed E-state index contributed by atoms with van der Waals surface area (Å²) in [4.78, 5) is 52.2. The van der Waals surface area contributed by atoms with E-state index in [2.05, 4.69) is 20.4 Å². The predicted octanol–water partition coefficient (Wildman–Crippen LogP) is 5.53. The molecule has 376 valence electrons. The van der Waals surface area contributed by atoms with E-state index in [0.29, 0.717) is 135 Å². The summed E-state index contributed by atoms with van der Waals surface area (Å²) >= 11 is 0. The van der Waals surface area contributed by atoms with E-state index in [1.54, 1.807) is 50.2 Å². The zero-order chi connectivity index (χ0) is 49.5. The summed E-state index contributed by atoms with van der Waals surface area (Å²) in [6.07, 6.45) is 6.45. The summed E-state index contributed by atoms with van der Waals surface area (Å²) in [5.74, 6) is 3.37. The molecule has 20 heteroatoms. The van der Waals surface area contributed by atoms with Crippen LogP contribution in [0.4, 0.5) is 32.3 Å². The van der Waals surface area contributed by atoms with Gasteiger partial charge in [-0.25, -0.2) is 18.7 Å². The lowest BCUT2D eigenvalue weighted by Crippen LogP contribution is -2.45. The molecule has 2 N–H and O–H groups in total. The van der Waals surface area contributed by atoms with E-state index in [0.717, 1.165) is 46.5 Å². The molecule has 10 rings (SSSR count). The number of amides is 2. The Morgan fingerprint density at radius 3 is 1.33 bits per heavy atom. The molecule has 8 heterocycles. The van der Waals surface area contributed by atoms with Crippen molar-refractivity contribution in [1.29, 1.82) is 0 Å². The number of carbonyl (C=O) groups excluding carboxylic acids is 2. The molecule has 2 aromatic heterocycles. The Labute approximate surface area is 413 Å². The van der Waals surface area contributed by atoms with Gasteiger partial charge in [0.25, 0.3) is 0 Å². The number of aryl methyl sites for hydroxylation is 4. The van der Waals surface area contributed by atoms with Gasteiger partial charge < -0.3 is 39.7 Å². The number of hydrogen-bond donors (Lipinski definition) is 2. The maximum atomic E-state index is 14.1. The Bertz CT molecular complexity index is 2480. The third kappa shape index (κ3) is 10.3. The first-order chi connectivity index (χ1) is 33.5. The van der Waals surface area contributed by atoms with Crippen molar-refractivity contribution in [2.45, 2.75) is 111 Å². The molecular formula is C50H64F2N10O6S2. The van der Waals surface area contributed by atoms with Gasteiger partial charge in [0.1, 0.15) is 33.1 Å². The van der Waals surface area contributed by atoms with Crippen LogP contribution < -0.4 is 20.4 Å². The molecule has 6 aliphatic heterocycles. The number of benzene rings is 2. The van der Waals surface area contributed by atoms with Gasteiger partial charge in [0, 0.05) is 117 Å². The highest BCUT2D eigenvalue weighted by Crippen LogP contribution is 2.41. The molecule has 4 fully saturated rings. The number of methoxy groups -OCH3 is 2. The van der Waals surface area contributed by atoms with E-state index in [1.807, 2.05) is 26.0 Å². The van der Waals surface area contributed by atoms with Gasteiger partial charge in [-0.2, -0.15) is 9.97 Å². The van der Waals surface area contributed by atoms with E-state index in [1.165, 1.54) is 12.1 Å². The van der Waals surface area contributed by atoms with Crippen molar-refractivity contribution in [1.82, 2.24) is 29.7 Å². The standard InChI is InChI=1S/2C25H32FN5O3S/c2*1-16-12-17(14-18(26)13-16)25(34-3)7-9-31(10-8-25)24-28-20-6-11-35(33)22(20)23(29-24)27-19-4-5-21(32)30(2)15-19/h2*12-14,19H,4-11,15H2,1-3H3,(H,27,28,29)/t2*19-,35?/m00/s1. The van der Waals surface area contributed by atoms with Crippen LogP contribution in [0.2, 0.25) is 0 Å². The zero-order valence-corrected chi connectivity index (χ0v) is 42.6. The molecule has 4 saturated heterocycles. The Morgan fingerprint density at radius 2 is 0.986 bits per heavy atom. The van der Waals surface area contributed by atoms with Crippen molar-refractivity contribution < 1.29 is 36.3 Å². The van der Waals surface area contributed by atoms with Crippen LogP contribution in [0.1, 0.15) is 85.0 Å². The summed E-state index contributed by atoms with van der Waals surface area (Å²) in [7, 11) is 4.73. The number of anilines is 4. The summed E-state index contributed by atoms with van der Waals surface area (Å²) in [5.41, 5.74) is 4.03. The highest BCUT2D eigenvalue weighted by Gasteiger charge is 2.41. The molecule has 2 aromatic carbocycles. The number of fused-ring (bicyclic) bond motifs is 2. The third-order valence-corrected chi connectivity index (χ3v) is 17.8. The van der Waals surface area contributed by atoms with Crippen LogP contribution in [0, 0.1) is 25.5 Å². The first-order valence-electron chi connectivity index (χ1n) is 24.3. The minimum Gasteiger partial charge on any atom is -0.373 e. The first-order valence-corrected chi connectivity index (χ1v) is 26.9. The van der Waals surface area contributed by atoms with Crippen LogP contribution in [0.25, 0.3) is 0 Å². The number of halogens is 2. The van der Waals surface area contributed by atoms with Crippen molar-refractivity contribution in [3.05, 3.63) is 81.7 Å². The molecule has 6 aliphatic rings. The molecule has 0 bridgehead atoms. The first kappa shape index (κ1) is 49.8. The number of likely N-dealkylation sites (N-methyl/N-ethyl adjacent to an activating group) is 2. The van der Waals surface area contributed by atoms with Crippen molar-refractivity contribution in [2.24, 2.45) is 0 Å². The van der Waals surface area contributed by atoms with Gasteiger partial charge >= 0.3 is 0 Å². The van der Waals surface area contributed by atoms with Gasteiger partial charge in [0.15, 0.2) is 0 Å². The highest BCUT2D eigenvalue weighted by molar-refractivity contribution is 7.85. The number of hydrogen-bond acceptors (Lipinski definition) is 14. The summed E-state index contributed by atoms with van der Waals surface area (Å²) in [6, 6.07) is 10.3. The zero-order valence-electron chi connectivity index (χ0n) is 40.9. The lowest BCUT2D eigenvalue weighted by Gasteiger charge is -2.41. The smallest absolute Gasteiger partial charge is 0.227 e. The number of piperidine rings is 4. The van der Waals surface area contributed by atoms with Gasteiger partial charge in [-0.05, 0) is 98.9 Å². The lowest BCUT2D eigenvalue weighted by molar-refractivity contribution is -0.132. The van der Waals surface area contributed by atoms with Crippen LogP contribution in [0.5, 0.6) is 0 Å². The molecule has 0 radical (unpaired) electrons. The molecule has 0 saturated carbocycles. The minimum atomic E-state index is -1.13. The third-order valence-electron chi connectivity index (χ3n) is 14.9. The van der Waals surface area contributed by atoms with Crippen molar-refractivity contribution >= 4 is 56.9 Å². The topological polar surface area (TPSA) is 175 Å². The van der Waals surface area contributed by atoms with E-state index in [-0.39, 0.29) is 35.5 Å². The van der Waals surface area contributed by atoms with Gasteiger partial charge in [0.2, 0.25) is 23.7 Å². The van der Waals surface area contributed by atoms with Crippen LogP contribution in [-0.4, -0.2) is 141 Å². The molecule has 4 aromatic rings. The molecule has 70 heavy (non-hydrogen) atoms. The molecule has 4 atom stereocenters. The van der Waals surface area contributed by atoms with Gasteiger partial charge in [-0.3, -0.25) is 18.0 Å². The number of carbonyl (C=O) groups is 2. The van der Waals surface area contributed by atoms with Gasteiger partial charge in [0.05, 0.1) is 44.2 Å². The number of rotatable bonds is 10. The molecule has 0 aliphatic carbocycles. The van der Waals surface area contributed by atoms with E-state index >= 15 is 0 Å². The molecule has 2 amide bonds. The minimum absolute atomic E-state index is 0.0564. The van der Waals surface area contributed by atoms with Gasteiger partial charge in [-0.1, -0.05) is 12.1 Å². The number of ether oxygens (including phenoxy) is 2. The average Bonchev–Trinajstić information content (AvgIpc) is 3.92. The number of aromatic nitrogens is 4.